The van der Waals surface area contributed by atoms with E-state index in [0.29, 0.717) is 17.7 Å². The summed E-state index contributed by atoms with van der Waals surface area (Å²) in [6, 6.07) is 3.43. The van der Waals surface area contributed by atoms with E-state index in [1.807, 2.05) is 0 Å². The third-order valence-corrected chi connectivity index (χ3v) is 6.69. The zero-order chi connectivity index (χ0) is 25.5. The number of nitrogens with zero attached hydrogens (tertiary/aromatic N) is 1. The van der Waals surface area contributed by atoms with Gasteiger partial charge in [0.15, 0.2) is 0 Å². The summed E-state index contributed by atoms with van der Waals surface area (Å²) in [5, 5.41) is 8.51. The van der Waals surface area contributed by atoms with Crippen LogP contribution in [0.5, 0.6) is 5.75 Å². The van der Waals surface area contributed by atoms with Crippen molar-refractivity contribution in [1.82, 2.24) is 4.90 Å². The average molecular weight is 522 g/mol. The van der Waals surface area contributed by atoms with Gasteiger partial charge in [0, 0.05) is 31.3 Å². The fourth-order valence-electron chi connectivity index (χ4n) is 4.20. The molecule has 2 aromatic rings. The molecular formula is C24H22ClF6NO3. The SMILES string of the molecule is O=C(O)c1cc(C2CC2)c(OCC2(F)CCN(Cc3cc(C(F)(F)F)cc(Cl)c3F)CC2)cc1F. The molecule has 1 saturated heterocycles. The summed E-state index contributed by atoms with van der Waals surface area (Å²) >= 11 is 5.64. The molecule has 0 aromatic heterocycles. The van der Waals surface area contributed by atoms with Crippen LogP contribution in [0.4, 0.5) is 26.3 Å². The van der Waals surface area contributed by atoms with E-state index in [1.54, 1.807) is 4.90 Å². The van der Waals surface area contributed by atoms with Gasteiger partial charge in [0.1, 0.15) is 29.7 Å². The highest BCUT2D eigenvalue weighted by molar-refractivity contribution is 6.30. The smallest absolute Gasteiger partial charge is 0.416 e. The molecule has 1 aliphatic heterocycles. The minimum Gasteiger partial charge on any atom is -0.490 e. The van der Waals surface area contributed by atoms with E-state index in [9.17, 15) is 26.7 Å². The van der Waals surface area contributed by atoms with E-state index in [1.165, 1.54) is 6.07 Å². The minimum atomic E-state index is -4.68. The first-order valence-electron chi connectivity index (χ1n) is 11.0. The van der Waals surface area contributed by atoms with Crippen molar-refractivity contribution < 1.29 is 41.0 Å². The van der Waals surface area contributed by atoms with Crippen LogP contribution in [0.3, 0.4) is 0 Å². The van der Waals surface area contributed by atoms with Crippen molar-refractivity contribution in [3.05, 3.63) is 63.2 Å². The van der Waals surface area contributed by atoms with Gasteiger partial charge in [0.25, 0.3) is 0 Å². The Morgan fingerprint density at radius 3 is 2.37 bits per heavy atom. The second kappa shape index (κ2) is 9.54. The summed E-state index contributed by atoms with van der Waals surface area (Å²) in [6.45, 7) is -0.291. The molecule has 190 valence electrons. The number of hydrogen-bond donors (Lipinski definition) is 1. The molecule has 1 aliphatic carbocycles. The molecule has 35 heavy (non-hydrogen) atoms. The molecule has 0 bridgehead atoms. The summed E-state index contributed by atoms with van der Waals surface area (Å²) in [4.78, 5) is 12.9. The quantitative estimate of drug-likeness (QED) is 0.417. The van der Waals surface area contributed by atoms with E-state index in [-0.39, 0.29) is 49.7 Å². The highest BCUT2D eigenvalue weighted by atomic mass is 35.5. The zero-order valence-electron chi connectivity index (χ0n) is 18.4. The third-order valence-electron chi connectivity index (χ3n) is 6.41. The van der Waals surface area contributed by atoms with Crippen LogP contribution in [-0.2, 0) is 12.7 Å². The van der Waals surface area contributed by atoms with E-state index in [0.717, 1.165) is 18.9 Å². The van der Waals surface area contributed by atoms with E-state index >= 15 is 4.39 Å². The molecule has 2 fully saturated rings. The maximum atomic E-state index is 15.4. The first-order valence-corrected chi connectivity index (χ1v) is 11.4. The number of ether oxygens (including phenoxy) is 1. The van der Waals surface area contributed by atoms with Crippen LogP contribution in [0.1, 0.15) is 58.6 Å². The van der Waals surface area contributed by atoms with Gasteiger partial charge < -0.3 is 9.84 Å². The minimum absolute atomic E-state index is 0.0320. The Hall–Kier alpha value is -2.46. The number of benzene rings is 2. The Morgan fingerprint density at radius 2 is 1.80 bits per heavy atom. The predicted molar refractivity (Wildman–Crippen MR) is 116 cm³/mol. The second-order valence-electron chi connectivity index (χ2n) is 9.09. The summed E-state index contributed by atoms with van der Waals surface area (Å²) in [5.74, 6) is -3.17. The first kappa shape index (κ1) is 25.6. The Labute approximate surface area is 202 Å². The number of carboxylic acids is 1. The number of aromatic carboxylic acids is 1. The lowest BCUT2D eigenvalue weighted by atomic mass is 9.93. The molecule has 4 nitrogen and oxygen atoms in total. The molecular weight excluding hydrogens is 500 g/mol. The van der Waals surface area contributed by atoms with Gasteiger partial charge in [-0.1, -0.05) is 11.6 Å². The van der Waals surface area contributed by atoms with Crippen LogP contribution in [0.2, 0.25) is 5.02 Å². The molecule has 0 radical (unpaired) electrons. The third kappa shape index (κ3) is 5.86. The van der Waals surface area contributed by atoms with Gasteiger partial charge in [-0.25, -0.2) is 18.0 Å². The topological polar surface area (TPSA) is 49.8 Å². The second-order valence-corrected chi connectivity index (χ2v) is 9.50. The zero-order valence-corrected chi connectivity index (χ0v) is 19.2. The summed E-state index contributed by atoms with van der Waals surface area (Å²) < 4.78 is 88.6. The van der Waals surface area contributed by atoms with Crippen LogP contribution in [0, 0.1) is 11.6 Å². The number of halogens is 7. The van der Waals surface area contributed by atoms with Gasteiger partial charge in [-0.2, -0.15) is 13.2 Å². The predicted octanol–water partition coefficient (Wildman–Crippen LogP) is 6.60. The number of piperidine rings is 1. The number of rotatable bonds is 7. The fourth-order valence-corrected chi connectivity index (χ4v) is 4.44. The van der Waals surface area contributed by atoms with Crippen LogP contribution >= 0.6 is 11.6 Å². The summed E-state index contributed by atoms with van der Waals surface area (Å²) in [7, 11) is 0. The lowest BCUT2D eigenvalue weighted by Crippen LogP contribution is -2.44. The highest BCUT2D eigenvalue weighted by Gasteiger charge is 2.38. The molecule has 2 aromatic carbocycles. The lowest BCUT2D eigenvalue weighted by Gasteiger charge is -2.36. The van der Waals surface area contributed by atoms with Crippen molar-refractivity contribution in [3.63, 3.8) is 0 Å². The molecule has 0 spiro atoms. The Balaban J connectivity index is 1.40. The molecule has 1 saturated carbocycles. The number of alkyl halides is 4. The fraction of sp³-hybridized carbons (Fsp3) is 0.458. The van der Waals surface area contributed by atoms with Crippen LogP contribution in [0.15, 0.2) is 24.3 Å². The molecule has 2 aliphatic rings. The van der Waals surface area contributed by atoms with Gasteiger partial charge in [-0.05, 0) is 55.4 Å². The molecule has 0 atom stereocenters. The van der Waals surface area contributed by atoms with Crippen molar-refractivity contribution in [2.24, 2.45) is 0 Å². The Bertz CT molecular complexity index is 1130. The number of hydrogen-bond acceptors (Lipinski definition) is 3. The maximum absolute atomic E-state index is 15.4. The summed E-state index contributed by atoms with van der Waals surface area (Å²) in [6.07, 6.45) is -3.15. The van der Waals surface area contributed by atoms with Crippen LogP contribution in [-0.4, -0.2) is 41.3 Å². The van der Waals surface area contributed by atoms with Crippen molar-refractivity contribution in [1.29, 1.82) is 0 Å². The number of carbonyl (C=O) groups is 1. The van der Waals surface area contributed by atoms with E-state index in [4.69, 9.17) is 21.4 Å². The monoisotopic (exact) mass is 521 g/mol. The van der Waals surface area contributed by atoms with Gasteiger partial charge >= 0.3 is 12.1 Å². The largest absolute Gasteiger partial charge is 0.490 e. The van der Waals surface area contributed by atoms with Crippen LogP contribution in [0.25, 0.3) is 0 Å². The van der Waals surface area contributed by atoms with Crippen LogP contribution < -0.4 is 4.74 Å². The summed E-state index contributed by atoms with van der Waals surface area (Å²) in [5.41, 5.74) is -3.01. The maximum Gasteiger partial charge on any atom is 0.416 e. The normalized spacial score (nSPS) is 18.5. The van der Waals surface area contributed by atoms with Crippen molar-refractivity contribution in [2.45, 2.75) is 50.0 Å². The molecule has 11 heteroatoms. The van der Waals surface area contributed by atoms with E-state index < -0.39 is 52.2 Å². The lowest BCUT2D eigenvalue weighted by molar-refractivity contribution is -0.137. The van der Waals surface area contributed by atoms with Crippen molar-refractivity contribution in [3.8, 4) is 5.75 Å². The van der Waals surface area contributed by atoms with Crippen molar-refractivity contribution in [2.75, 3.05) is 19.7 Å². The molecule has 0 amide bonds. The van der Waals surface area contributed by atoms with Gasteiger partial charge in [-0.15, -0.1) is 0 Å². The van der Waals surface area contributed by atoms with Crippen molar-refractivity contribution >= 4 is 17.6 Å². The average Bonchev–Trinajstić information content (AvgIpc) is 3.61. The Kier molecular flexibility index (Phi) is 6.98. The molecule has 4 rings (SSSR count). The number of likely N-dealkylation sites (tertiary alicyclic amines) is 1. The van der Waals surface area contributed by atoms with Gasteiger partial charge in [-0.3, -0.25) is 4.90 Å². The Morgan fingerprint density at radius 1 is 1.14 bits per heavy atom. The standard InChI is InChI=1S/C24H22ClF6NO3/c25-18-8-15(24(29,30)31)7-14(21(18)27)11-32-5-3-23(28,4-6-32)12-35-20-10-19(26)17(22(33)34)9-16(20)13-1-2-13/h7-10,13H,1-6,11-12H2,(H,33,34). The number of carboxylic acid groups (broad SMARTS) is 1. The molecule has 0 unspecified atom stereocenters. The van der Waals surface area contributed by atoms with Gasteiger partial charge in [0.05, 0.1) is 16.1 Å². The molecule has 1 N–H and O–H groups in total. The first-order chi connectivity index (χ1) is 16.4. The van der Waals surface area contributed by atoms with E-state index in [2.05, 4.69) is 0 Å². The van der Waals surface area contributed by atoms with Gasteiger partial charge in [0.2, 0.25) is 0 Å². The molecule has 1 heterocycles. The highest BCUT2D eigenvalue weighted by Crippen LogP contribution is 2.45.